The van der Waals surface area contributed by atoms with E-state index in [1.54, 1.807) is 18.1 Å². The van der Waals surface area contributed by atoms with Gasteiger partial charge in [-0.3, -0.25) is 5.10 Å². The Kier molecular flexibility index (Phi) is 8.90. The van der Waals surface area contributed by atoms with Crippen LogP contribution in [0, 0.1) is 0 Å². The Balaban J connectivity index is 1.78. The molecule has 0 aliphatic rings. The lowest BCUT2D eigenvalue weighted by atomic mass is 10.1. The average Bonchev–Trinajstić information content (AvgIpc) is 2.80. The third kappa shape index (κ3) is 7.28. The van der Waals surface area contributed by atoms with Crippen LogP contribution in [0.5, 0.6) is 0 Å². The molecule has 0 atom stereocenters. The van der Waals surface area contributed by atoms with Gasteiger partial charge in [0.15, 0.2) is 5.16 Å². The number of aromatic nitrogens is 3. The maximum Gasteiger partial charge on any atom is 0.183 e. The van der Waals surface area contributed by atoms with Crippen molar-refractivity contribution in [3.05, 3.63) is 6.33 Å². The zero-order valence-corrected chi connectivity index (χ0v) is 12.0. The van der Waals surface area contributed by atoms with E-state index in [2.05, 4.69) is 31.1 Å². The van der Waals surface area contributed by atoms with Crippen molar-refractivity contribution in [2.75, 3.05) is 11.1 Å². The molecule has 92 valence electrons. The molecule has 16 heavy (non-hydrogen) atoms. The highest BCUT2D eigenvalue weighted by Gasteiger charge is 1.96. The number of hydrogen-bond donors (Lipinski definition) is 1. The van der Waals surface area contributed by atoms with Gasteiger partial charge >= 0.3 is 0 Å². The van der Waals surface area contributed by atoms with Crippen molar-refractivity contribution < 1.29 is 0 Å². The summed E-state index contributed by atoms with van der Waals surface area (Å²) in [6.45, 7) is 0. The molecule has 1 N–H and O–H groups in total. The van der Waals surface area contributed by atoms with Crippen molar-refractivity contribution in [3.63, 3.8) is 0 Å². The number of alkyl halides is 1. The van der Waals surface area contributed by atoms with Gasteiger partial charge in [-0.15, -0.1) is 0 Å². The van der Waals surface area contributed by atoms with E-state index in [0.717, 1.165) is 16.2 Å². The third-order valence-electron chi connectivity index (χ3n) is 2.41. The molecule has 0 bridgehead atoms. The van der Waals surface area contributed by atoms with Gasteiger partial charge in [-0.05, 0) is 12.8 Å². The predicted molar refractivity (Wildman–Crippen MR) is 73.2 cm³/mol. The smallest absolute Gasteiger partial charge is 0.183 e. The van der Waals surface area contributed by atoms with Crippen LogP contribution in [0.3, 0.4) is 0 Å². The molecule has 0 aliphatic heterocycles. The highest BCUT2D eigenvalue weighted by molar-refractivity contribution is 9.09. The van der Waals surface area contributed by atoms with Crippen LogP contribution in [0.1, 0.15) is 44.9 Å². The summed E-state index contributed by atoms with van der Waals surface area (Å²) in [7, 11) is 0. The van der Waals surface area contributed by atoms with Crippen LogP contribution in [0.2, 0.25) is 0 Å². The summed E-state index contributed by atoms with van der Waals surface area (Å²) in [6, 6.07) is 0. The van der Waals surface area contributed by atoms with E-state index in [-0.39, 0.29) is 0 Å². The first kappa shape index (κ1) is 14.0. The second-order valence-corrected chi connectivity index (χ2v) is 5.68. The van der Waals surface area contributed by atoms with E-state index in [9.17, 15) is 0 Å². The monoisotopic (exact) mass is 305 g/mol. The molecular weight excluding hydrogens is 286 g/mol. The Labute approximate surface area is 110 Å². The Morgan fingerprint density at radius 3 is 2.38 bits per heavy atom. The highest BCUT2D eigenvalue weighted by atomic mass is 79.9. The number of thioether (sulfide) groups is 1. The molecule has 0 fully saturated rings. The first-order valence-corrected chi connectivity index (χ1v) is 8.08. The summed E-state index contributed by atoms with van der Waals surface area (Å²) < 4.78 is 0. The molecule has 0 saturated heterocycles. The zero-order chi connectivity index (χ0) is 11.5. The first-order valence-electron chi connectivity index (χ1n) is 5.97. The largest absolute Gasteiger partial charge is 0.254 e. The van der Waals surface area contributed by atoms with Crippen molar-refractivity contribution in [2.45, 2.75) is 50.1 Å². The molecule has 0 spiro atoms. The maximum atomic E-state index is 4.08. The molecule has 0 aliphatic carbocycles. The molecule has 0 aromatic carbocycles. The molecule has 0 saturated carbocycles. The van der Waals surface area contributed by atoms with E-state index in [0.29, 0.717) is 0 Å². The fourth-order valence-corrected chi connectivity index (χ4v) is 2.69. The van der Waals surface area contributed by atoms with Crippen LogP contribution < -0.4 is 0 Å². The molecule has 1 aromatic rings. The summed E-state index contributed by atoms with van der Waals surface area (Å²) >= 11 is 5.22. The lowest BCUT2D eigenvalue weighted by Gasteiger charge is -2.00. The lowest BCUT2D eigenvalue weighted by molar-refractivity contribution is 0.606. The number of hydrogen-bond acceptors (Lipinski definition) is 3. The summed E-state index contributed by atoms with van der Waals surface area (Å²) in [4.78, 5) is 4.08. The Hall–Kier alpha value is -0.0300. The Morgan fingerprint density at radius 2 is 1.75 bits per heavy atom. The molecule has 1 heterocycles. The van der Waals surface area contributed by atoms with Crippen molar-refractivity contribution >= 4 is 27.7 Å². The number of nitrogens with one attached hydrogen (secondary N) is 1. The van der Waals surface area contributed by atoms with Crippen molar-refractivity contribution in [1.29, 1.82) is 0 Å². The van der Waals surface area contributed by atoms with Crippen molar-refractivity contribution in [2.24, 2.45) is 0 Å². The molecule has 0 radical (unpaired) electrons. The second kappa shape index (κ2) is 10.1. The average molecular weight is 306 g/mol. The van der Waals surface area contributed by atoms with Gasteiger partial charge in [-0.2, -0.15) is 5.10 Å². The maximum absolute atomic E-state index is 4.08. The van der Waals surface area contributed by atoms with E-state index in [1.807, 2.05) is 0 Å². The van der Waals surface area contributed by atoms with Crippen LogP contribution in [0.4, 0.5) is 0 Å². The normalized spacial score (nSPS) is 10.8. The first-order chi connectivity index (χ1) is 7.93. The topological polar surface area (TPSA) is 41.6 Å². The highest BCUT2D eigenvalue weighted by Crippen LogP contribution is 2.15. The van der Waals surface area contributed by atoms with E-state index in [1.165, 1.54) is 44.9 Å². The van der Waals surface area contributed by atoms with Gasteiger partial charge in [0.1, 0.15) is 6.33 Å². The zero-order valence-electron chi connectivity index (χ0n) is 9.62. The van der Waals surface area contributed by atoms with Crippen molar-refractivity contribution in [1.82, 2.24) is 15.2 Å². The molecule has 0 amide bonds. The van der Waals surface area contributed by atoms with E-state index < -0.39 is 0 Å². The number of nitrogens with zero attached hydrogens (tertiary/aromatic N) is 2. The summed E-state index contributed by atoms with van der Waals surface area (Å²) in [5.74, 6) is 1.15. The van der Waals surface area contributed by atoms with Gasteiger partial charge in [-0.1, -0.05) is 59.8 Å². The van der Waals surface area contributed by atoms with Crippen LogP contribution in [-0.4, -0.2) is 26.3 Å². The molecule has 0 unspecified atom stereocenters. The van der Waals surface area contributed by atoms with E-state index in [4.69, 9.17) is 0 Å². The van der Waals surface area contributed by atoms with Crippen LogP contribution in [0.25, 0.3) is 0 Å². The van der Waals surface area contributed by atoms with Gasteiger partial charge in [0.05, 0.1) is 0 Å². The SMILES string of the molecule is BrCCCCCCCCCSc1ncn[nH]1. The Morgan fingerprint density at radius 1 is 1.06 bits per heavy atom. The van der Waals surface area contributed by atoms with Gasteiger partial charge in [-0.25, -0.2) is 4.98 Å². The summed E-state index contributed by atoms with van der Waals surface area (Å²) in [5, 5.41) is 8.77. The third-order valence-corrected chi connectivity index (χ3v) is 3.93. The van der Waals surface area contributed by atoms with E-state index >= 15 is 0 Å². The van der Waals surface area contributed by atoms with Gasteiger partial charge in [0.25, 0.3) is 0 Å². The van der Waals surface area contributed by atoms with Crippen molar-refractivity contribution in [3.8, 4) is 0 Å². The Bertz CT molecular complexity index is 241. The van der Waals surface area contributed by atoms with Crippen LogP contribution >= 0.6 is 27.7 Å². The fraction of sp³-hybridized carbons (Fsp3) is 0.818. The van der Waals surface area contributed by atoms with Gasteiger partial charge in [0, 0.05) is 11.1 Å². The van der Waals surface area contributed by atoms with Crippen LogP contribution in [0.15, 0.2) is 11.5 Å². The minimum atomic E-state index is 0.942. The van der Waals surface area contributed by atoms with Gasteiger partial charge in [0.2, 0.25) is 0 Å². The summed E-state index contributed by atoms with van der Waals surface area (Å²) in [5.41, 5.74) is 0. The van der Waals surface area contributed by atoms with Gasteiger partial charge < -0.3 is 0 Å². The minimum absolute atomic E-state index is 0.942. The molecule has 1 aromatic heterocycles. The molecule has 3 nitrogen and oxygen atoms in total. The standard InChI is InChI=1S/C11H20BrN3S/c12-8-6-4-2-1-3-5-7-9-16-11-13-10-14-15-11/h10H,1-9H2,(H,13,14,15). The number of rotatable bonds is 10. The number of aromatic amines is 1. The predicted octanol–water partition coefficient (Wildman–Crippen LogP) is 4.02. The minimum Gasteiger partial charge on any atom is -0.254 e. The number of H-pyrrole nitrogens is 1. The number of halogens is 1. The lowest BCUT2D eigenvalue weighted by Crippen LogP contribution is -1.84. The second-order valence-electron chi connectivity index (χ2n) is 3.80. The molecule has 1 rings (SSSR count). The fourth-order valence-electron chi connectivity index (χ4n) is 1.51. The molecular formula is C11H20BrN3S. The number of unbranched alkanes of at least 4 members (excludes halogenated alkanes) is 6. The summed E-state index contributed by atoms with van der Waals surface area (Å²) in [6.07, 6.45) is 11.0. The van der Waals surface area contributed by atoms with Crippen LogP contribution in [-0.2, 0) is 0 Å². The molecule has 5 heteroatoms. The quantitative estimate of drug-likeness (QED) is 0.403.